The minimum absolute atomic E-state index is 0.681. The second-order valence-electron chi connectivity index (χ2n) is 3.43. The van der Waals surface area contributed by atoms with E-state index in [1.807, 2.05) is 25.3 Å². The Hall–Kier alpha value is -1.89. The van der Waals surface area contributed by atoms with Crippen LogP contribution in [0.3, 0.4) is 0 Å². The van der Waals surface area contributed by atoms with E-state index in [0.717, 1.165) is 12.0 Å². The van der Waals surface area contributed by atoms with Crippen molar-refractivity contribution in [3.63, 3.8) is 0 Å². The van der Waals surface area contributed by atoms with Crippen LogP contribution in [0.15, 0.2) is 66.3 Å². The third-order valence-electron chi connectivity index (χ3n) is 2.23. The lowest BCUT2D eigenvalue weighted by molar-refractivity contribution is 1.25. The molecule has 1 aromatic carbocycles. The number of hydrogen-bond acceptors (Lipinski definition) is 1. The summed E-state index contributed by atoms with van der Waals surface area (Å²) in [5.41, 5.74) is 3.07. The molecule has 0 radical (unpaired) electrons. The SMILES string of the molecule is C=CC(=C)N=Cc1ccccc1C/C=C\C. The molecular formula is C15H17N. The molecule has 0 heterocycles. The third-order valence-corrected chi connectivity index (χ3v) is 2.23. The van der Waals surface area contributed by atoms with Gasteiger partial charge in [0.2, 0.25) is 0 Å². The molecule has 0 aromatic heterocycles. The van der Waals surface area contributed by atoms with Gasteiger partial charge in [0.05, 0.1) is 5.70 Å². The fraction of sp³-hybridized carbons (Fsp3) is 0.133. The molecule has 0 aliphatic carbocycles. The topological polar surface area (TPSA) is 12.4 Å². The molecule has 0 atom stereocenters. The second-order valence-corrected chi connectivity index (χ2v) is 3.43. The van der Waals surface area contributed by atoms with E-state index in [4.69, 9.17) is 0 Å². The Kier molecular flexibility index (Phi) is 5.00. The standard InChI is InChI=1S/C15H17N/c1-4-6-9-14-10-7-8-11-15(14)12-16-13(3)5-2/h4-8,10-12H,2-3,9H2,1H3/b6-4-,16-12?. The smallest absolute Gasteiger partial charge is 0.0552 e. The lowest BCUT2D eigenvalue weighted by atomic mass is 10.1. The van der Waals surface area contributed by atoms with Gasteiger partial charge in [-0.25, -0.2) is 0 Å². The van der Waals surface area contributed by atoms with Gasteiger partial charge in [0.25, 0.3) is 0 Å². The molecule has 0 saturated heterocycles. The van der Waals surface area contributed by atoms with Crippen molar-refractivity contribution in [1.29, 1.82) is 0 Å². The largest absolute Gasteiger partial charge is 0.257 e. The minimum Gasteiger partial charge on any atom is -0.257 e. The molecule has 1 heteroatoms. The average Bonchev–Trinajstić information content (AvgIpc) is 2.34. The van der Waals surface area contributed by atoms with Crippen molar-refractivity contribution in [3.8, 4) is 0 Å². The Labute approximate surface area is 97.5 Å². The Morgan fingerprint density at radius 3 is 2.81 bits per heavy atom. The first kappa shape index (κ1) is 12.2. The van der Waals surface area contributed by atoms with E-state index < -0.39 is 0 Å². The highest BCUT2D eigenvalue weighted by molar-refractivity contribution is 5.82. The molecule has 0 spiro atoms. The summed E-state index contributed by atoms with van der Waals surface area (Å²) in [4.78, 5) is 4.22. The van der Waals surface area contributed by atoms with Crippen LogP contribution >= 0.6 is 0 Å². The zero-order valence-electron chi connectivity index (χ0n) is 9.69. The van der Waals surface area contributed by atoms with Crippen LogP contribution in [0.2, 0.25) is 0 Å². The lowest BCUT2D eigenvalue weighted by Crippen LogP contribution is -1.91. The van der Waals surface area contributed by atoms with E-state index in [2.05, 4.69) is 42.4 Å². The number of rotatable bonds is 5. The van der Waals surface area contributed by atoms with Gasteiger partial charge in [0.15, 0.2) is 0 Å². The van der Waals surface area contributed by atoms with Crippen molar-refractivity contribution in [3.05, 3.63) is 72.5 Å². The molecule has 0 aliphatic rings. The summed E-state index contributed by atoms with van der Waals surface area (Å²) in [7, 11) is 0. The molecule has 0 bridgehead atoms. The molecule has 0 aliphatic heterocycles. The molecule has 16 heavy (non-hydrogen) atoms. The highest BCUT2D eigenvalue weighted by Crippen LogP contribution is 2.08. The normalized spacial score (nSPS) is 11.1. The van der Waals surface area contributed by atoms with Crippen molar-refractivity contribution in [2.75, 3.05) is 0 Å². The Bertz CT molecular complexity index is 425. The van der Waals surface area contributed by atoms with Crippen LogP contribution in [0.5, 0.6) is 0 Å². The molecule has 0 unspecified atom stereocenters. The van der Waals surface area contributed by atoms with E-state index in [9.17, 15) is 0 Å². The molecule has 0 saturated carbocycles. The summed E-state index contributed by atoms with van der Waals surface area (Å²) in [6.45, 7) is 9.39. The van der Waals surface area contributed by atoms with Gasteiger partial charge < -0.3 is 0 Å². The van der Waals surface area contributed by atoms with Gasteiger partial charge in [-0.1, -0.05) is 49.6 Å². The zero-order valence-corrected chi connectivity index (χ0v) is 9.69. The van der Waals surface area contributed by atoms with Gasteiger partial charge in [-0.15, -0.1) is 0 Å². The molecule has 1 aromatic rings. The van der Waals surface area contributed by atoms with Gasteiger partial charge in [-0.3, -0.25) is 4.99 Å². The van der Waals surface area contributed by atoms with Gasteiger partial charge >= 0.3 is 0 Å². The van der Waals surface area contributed by atoms with Crippen LogP contribution < -0.4 is 0 Å². The van der Waals surface area contributed by atoms with Crippen LogP contribution in [0.1, 0.15) is 18.1 Å². The first-order chi connectivity index (χ1) is 7.77. The summed E-state index contributed by atoms with van der Waals surface area (Å²) in [6.07, 6.45) is 8.60. The predicted octanol–water partition coefficient (Wildman–Crippen LogP) is 3.92. The summed E-state index contributed by atoms with van der Waals surface area (Å²) >= 11 is 0. The maximum atomic E-state index is 4.22. The average molecular weight is 211 g/mol. The van der Waals surface area contributed by atoms with Crippen molar-refractivity contribution < 1.29 is 0 Å². The monoisotopic (exact) mass is 211 g/mol. The van der Waals surface area contributed by atoms with Gasteiger partial charge in [0, 0.05) is 6.21 Å². The van der Waals surface area contributed by atoms with E-state index in [-0.39, 0.29) is 0 Å². The Morgan fingerprint density at radius 1 is 1.38 bits per heavy atom. The first-order valence-electron chi connectivity index (χ1n) is 5.32. The molecule has 1 rings (SSSR count). The van der Waals surface area contributed by atoms with E-state index in [1.54, 1.807) is 6.08 Å². The fourth-order valence-electron chi connectivity index (χ4n) is 1.30. The van der Waals surface area contributed by atoms with Crippen molar-refractivity contribution in [2.24, 2.45) is 4.99 Å². The molecular weight excluding hydrogens is 194 g/mol. The van der Waals surface area contributed by atoms with E-state index >= 15 is 0 Å². The van der Waals surface area contributed by atoms with Crippen LogP contribution in [0.25, 0.3) is 0 Å². The molecule has 82 valence electrons. The van der Waals surface area contributed by atoms with E-state index in [1.165, 1.54) is 5.56 Å². The quantitative estimate of drug-likeness (QED) is 0.397. The van der Waals surface area contributed by atoms with Crippen LogP contribution in [-0.4, -0.2) is 6.21 Å². The molecule has 0 fully saturated rings. The highest BCUT2D eigenvalue weighted by Gasteiger charge is 1.96. The number of allylic oxidation sites excluding steroid dienone is 3. The number of hydrogen-bond donors (Lipinski definition) is 0. The van der Waals surface area contributed by atoms with Crippen LogP contribution in [0, 0.1) is 0 Å². The van der Waals surface area contributed by atoms with E-state index in [0.29, 0.717) is 5.70 Å². The van der Waals surface area contributed by atoms with Gasteiger partial charge in [-0.05, 0) is 30.5 Å². The van der Waals surface area contributed by atoms with Gasteiger partial charge in [0.1, 0.15) is 0 Å². The fourth-order valence-corrected chi connectivity index (χ4v) is 1.30. The molecule has 0 N–H and O–H groups in total. The predicted molar refractivity (Wildman–Crippen MR) is 71.9 cm³/mol. The van der Waals surface area contributed by atoms with Crippen molar-refractivity contribution in [2.45, 2.75) is 13.3 Å². The zero-order chi connectivity index (χ0) is 11.8. The highest BCUT2D eigenvalue weighted by atomic mass is 14.7. The maximum absolute atomic E-state index is 4.22. The maximum Gasteiger partial charge on any atom is 0.0552 e. The van der Waals surface area contributed by atoms with Crippen molar-refractivity contribution >= 4 is 6.21 Å². The summed E-state index contributed by atoms with van der Waals surface area (Å²) in [5, 5.41) is 0. The number of aliphatic imine (C=N–C) groups is 1. The summed E-state index contributed by atoms with van der Waals surface area (Å²) in [6, 6.07) is 8.21. The van der Waals surface area contributed by atoms with Crippen LogP contribution in [0.4, 0.5) is 0 Å². The third kappa shape index (κ3) is 3.70. The minimum atomic E-state index is 0.681. The molecule has 0 amide bonds. The lowest BCUT2D eigenvalue weighted by Gasteiger charge is -2.01. The first-order valence-corrected chi connectivity index (χ1v) is 5.32. The summed E-state index contributed by atoms with van der Waals surface area (Å²) < 4.78 is 0. The van der Waals surface area contributed by atoms with Crippen LogP contribution in [-0.2, 0) is 6.42 Å². The van der Waals surface area contributed by atoms with Gasteiger partial charge in [-0.2, -0.15) is 0 Å². The Balaban J connectivity index is 2.90. The number of benzene rings is 1. The number of nitrogens with zero attached hydrogens (tertiary/aromatic N) is 1. The Morgan fingerprint density at radius 2 is 2.12 bits per heavy atom. The molecule has 1 nitrogen and oxygen atoms in total. The second kappa shape index (κ2) is 6.57. The summed E-state index contributed by atoms with van der Waals surface area (Å²) in [5.74, 6) is 0. The van der Waals surface area contributed by atoms with Crippen molar-refractivity contribution in [1.82, 2.24) is 0 Å².